The molecular weight excluding hydrogens is 178 g/mol. The van der Waals surface area contributed by atoms with Gasteiger partial charge in [-0.25, -0.2) is 4.79 Å². The molecule has 0 unspecified atom stereocenters. The molecule has 0 aromatic heterocycles. The van der Waals surface area contributed by atoms with Crippen LogP contribution in [0.2, 0.25) is 0 Å². The van der Waals surface area contributed by atoms with Crippen molar-refractivity contribution in [3.05, 3.63) is 23.8 Å². The average molecular weight is 191 g/mol. The summed E-state index contributed by atoms with van der Waals surface area (Å²) in [5, 5.41) is 5.57. The summed E-state index contributed by atoms with van der Waals surface area (Å²) in [6.45, 7) is 3.92. The van der Waals surface area contributed by atoms with E-state index in [9.17, 15) is 4.79 Å². The Kier molecular flexibility index (Phi) is 1.67. The molecule has 4 nitrogen and oxygen atoms in total. The zero-order valence-electron chi connectivity index (χ0n) is 8.22. The second kappa shape index (κ2) is 2.64. The van der Waals surface area contributed by atoms with Gasteiger partial charge in [-0.1, -0.05) is 6.07 Å². The van der Waals surface area contributed by atoms with Crippen LogP contribution in [0.4, 0.5) is 16.2 Å². The molecule has 0 saturated heterocycles. The maximum absolute atomic E-state index is 11.3. The van der Waals surface area contributed by atoms with Crippen LogP contribution in [0.3, 0.4) is 0 Å². The molecule has 1 aromatic rings. The van der Waals surface area contributed by atoms with Crippen LogP contribution >= 0.6 is 0 Å². The molecule has 0 spiro atoms. The van der Waals surface area contributed by atoms with Gasteiger partial charge in [0.1, 0.15) is 0 Å². The predicted octanol–water partition coefficient (Wildman–Crippen LogP) is 1.64. The smallest absolute Gasteiger partial charge is 0.319 e. The number of fused-ring (bicyclic) bond motifs is 1. The average Bonchev–Trinajstić information content (AvgIpc) is 2.00. The minimum Gasteiger partial charge on any atom is -0.399 e. The van der Waals surface area contributed by atoms with E-state index in [1.54, 1.807) is 6.07 Å². The number of nitrogens with one attached hydrogen (secondary N) is 2. The van der Waals surface area contributed by atoms with E-state index in [4.69, 9.17) is 5.73 Å². The van der Waals surface area contributed by atoms with Crippen molar-refractivity contribution in [1.29, 1.82) is 0 Å². The van der Waals surface area contributed by atoms with Gasteiger partial charge in [0.05, 0.1) is 5.54 Å². The first kappa shape index (κ1) is 8.87. The first-order valence-corrected chi connectivity index (χ1v) is 4.48. The molecule has 0 aliphatic carbocycles. The number of urea groups is 1. The van der Waals surface area contributed by atoms with Crippen molar-refractivity contribution in [3.63, 3.8) is 0 Å². The first-order valence-electron chi connectivity index (χ1n) is 4.48. The highest BCUT2D eigenvalue weighted by atomic mass is 16.2. The van der Waals surface area contributed by atoms with Gasteiger partial charge in [0.25, 0.3) is 0 Å². The minimum absolute atomic E-state index is 0.187. The van der Waals surface area contributed by atoms with Gasteiger partial charge in [0.2, 0.25) is 0 Å². The van der Waals surface area contributed by atoms with E-state index in [2.05, 4.69) is 10.6 Å². The summed E-state index contributed by atoms with van der Waals surface area (Å²) in [5.74, 6) is 0. The number of carbonyl (C=O) groups is 1. The second-order valence-electron chi connectivity index (χ2n) is 4.01. The summed E-state index contributed by atoms with van der Waals surface area (Å²) in [7, 11) is 0. The molecule has 1 aliphatic heterocycles. The van der Waals surface area contributed by atoms with Gasteiger partial charge in [-0.15, -0.1) is 0 Å². The van der Waals surface area contributed by atoms with Crippen LogP contribution < -0.4 is 16.4 Å². The molecule has 0 atom stereocenters. The highest BCUT2D eigenvalue weighted by Crippen LogP contribution is 2.32. The Labute approximate surface area is 82.5 Å². The van der Waals surface area contributed by atoms with E-state index in [-0.39, 0.29) is 11.6 Å². The fourth-order valence-electron chi connectivity index (χ4n) is 1.72. The van der Waals surface area contributed by atoms with Crippen LogP contribution in [0.1, 0.15) is 19.4 Å². The summed E-state index contributed by atoms with van der Waals surface area (Å²) >= 11 is 0. The summed E-state index contributed by atoms with van der Waals surface area (Å²) in [4.78, 5) is 11.3. The Morgan fingerprint density at radius 2 is 2.07 bits per heavy atom. The normalized spacial score (nSPS) is 18.0. The highest BCUT2D eigenvalue weighted by Gasteiger charge is 2.30. The zero-order chi connectivity index (χ0) is 10.3. The SMILES string of the molecule is CC1(C)NC(=O)Nc2cc(N)ccc21. The standard InChI is InChI=1S/C10H13N3O/c1-10(2)7-4-3-6(11)5-8(7)12-9(14)13-10/h3-5H,11H2,1-2H3,(H2,12,13,14). The maximum atomic E-state index is 11.3. The van der Waals surface area contributed by atoms with E-state index in [0.717, 1.165) is 11.3 Å². The zero-order valence-corrected chi connectivity index (χ0v) is 8.22. The number of amides is 2. The van der Waals surface area contributed by atoms with Crippen LogP contribution in [0.5, 0.6) is 0 Å². The van der Waals surface area contributed by atoms with E-state index in [1.165, 1.54) is 0 Å². The molecule has 0 radical (unpaired) electrons. The Balaban J connectivity index is 2.57. The number of hydrogen-bond acceptors (Lipinski definition) is 2. The molecule has 0 saturated carbocycles. The number of nitrogens with two attached hydrogens (primary N) is 1. The van der Waals surface area contributed by atoms with E-state index >= 15 is 0 Å². The van der Waals surface area contributed by atoms with Crippen molar-refractivity contribution in [2.75, 3.05) is 11.1 Å². The molecule has 0 bridgehead atoms. The Hall–Kier alpha value is -1.71. The summed E-state index contributed by atoms with van der Waals surface area (Å²) in [6, 6.07) is 5.35. The highest BCUT2D eigenvalue weighted by molar-refractivity contribution is 5.94. The third-order valence-corrected chi connectivity index (χ3v) is 2.39. The van der Waals surface area contributed by atoms with Crippen molar-refractivity contribution >= 4 is 17.4 Å². The van der Waals surface area contributed by atoms with Crippen molar-refractivity contribution < 1.29 is 4.79 Å². The monoisotopic (exact) mass is 191 g/mol. The van der Waals surface area contributed by atoms with Crippen molar-refractivity contribution in [3.8, 4) is 0 Å². The third kappa shape index (κ3) is 1.28. The van der Waals surface area contributed by atoms with E-state index < -0.39 is 0 Å². The molecular formula is C10H13N3O. The minimum atomic E-state index is -0.342. The lowest BCUT2D eigenvalue weighted by Crippen LogP contribution is -2.47. The fourth-order valence-corrected chi connectivity index (χ4v) is 1.72. The lowest BCUT2D eigenvalue weighted by Gasteiger charge is -2.33. The van der Waals surface area contributed by atoms with Gasteiger partial charge in [0.15, 0.2) is 0 Å². The summed E-state index contributed by atoms with van der Waals surface area (Å²) in [5.41, 5.74) is 7.79. The van der Waals surface area contributed by atoms with Crippen LogP contribution in [0.25, 0.3) is 0 Å². The molecule has 1 aliphatic rings. The molecule has 14 heavy (non-hydrogen) atoms. The first-order chi connectivity index (χ1) is 6.49. The van der Waals surface area contributed by atoms with Gasteiger partial charge in [-0.3, -0.25) is 0 Å². The van der Waals surface area contributed by atoms with Gasteiger partial charge < -0.3 is 16.4 Å². The van der Waals surface area contributed by atoms with E-state index in [1.807, 2.05) is 26.0 Å². The van der Waals surface area contributed by atoms with Crippen LogP contribution in [0, 0.1) is 0 Å². The topological polar surface area (TPSA) is 67.2 Å². The molecule has 4 N–H and O–H groups in total. The molecule has 4 heteroatoms. The molecule has 1 heterocycles. The van der Waals surface area contributed by atoms with Crippen LogP contribution in [-0.2, 0) is 5.54 Å². The van der Waals surface area contributed by atoms with Crippen LogP contribution in [0.15, 0.2) is 18.2 Å². The maximum Gasteiger partial charge on any atom is 0.319 e. The van der Waals surface area contributed by atoms with Gasteiger partial charge in [-0.05, 0) is 26.0 Å². The Morgan fingerprint density at radius 1 is 1.36 bits per heavy atom. The number of benzene rings is 1. The van der Waals surface area contributed by atoms with E-state index in [0.29, 0.717) is 5.69 Å². The van der Waals surface area contributed by atoms with Crippen molar-refractivity contribution in [1.82, 2.24) is 5.32 Å². The molecule has 1 aromatic carbocycles. The Morgan fingerprint density at radius 3 is 2.79 bits per heavy atom. The van der Waals surface area contributed by atoms with Gasteiger partial charge in [0, 0.05) is 16.9 Å². The lowest BCUT2D eigenvalue weighted by molar-refractivity contribution is 0.239. The summed E-state index contributed by atoms with van der Waals surface area (Å²) < 4.78 is 0. The van der Waals surface area contributed by atoms with Crippen molar-refractivity contribution in [2.24, 2.45) is 0 Å². The van der Waals surface area contributed by atoms with Crippen molar-refractivity contribution in [2.45, 2.75) is 19.4 Å². The van der Waals surface area contributed by atoms with Gasteiger partial charge in [-0.2, -0.15) is 0 Å². The number of hydrogen-bond donors (Lipinski definition) is 3. The van der Waals surface area contributed by atoms with Crippen LogP contribution in [-0.4, -0.2) is 6.03 Å². The molecule has 2 amide bonds. The number of nitrogen functional groups attached to an aromatic ring is 1. The number of carbonyl (C=O) groups excluding carboxylic acids is 1. The summed E-state index contributed by atoms with van der Waals surface area (Å²) in [6.07, 6.45) is 0. The Bertz CT molecular complexity index is 398. The molecule has 74 valence electrons. The number of rotatable bonds is 0. The molecule has 0 fully saturated rings. The van der Waals surface area contributed by atoms with Gasteiger partial charge >= 0.3 is 6.03 Å². The third-order valence-electron chi connectivity index (χ3n) is 2.39. The largest absolute Gasteiger partial charge is 0.399 e. The quantitative estimate of drug-likeness (QED) is 0.546. The fraction of sp³-hybridized carbons (Fsp3) is 0.300. The lowest BCUT2D eigenvalue weighted by atomic mass is 9.91. The number of anilines is 2. The predicted molar refractivity (Wildman–Crippen MR) is 56.0 cm³/mol. The molecule has 2 rings (SSSR count). The second-order valence-corrected chi connectivity index (χ2v) is 4.01.